The van der Waals surface area contributed by atoms with E-state index < -0.39 is 51.7 Å². The van der Waals surface area contributed by atoms with Crippen molar-refractivity contribution in [2.24, 2.45) is 0 Å². The zero-order chi connectivity index (χ0) is 23.3. The number of halogens is 2. The molecule has 0 atom stereocenters. The number of ether oxygens (including phenoxy) is 1. The van der Waals surface area contributed by atoms with E-state index in [0.717, 1.165) is 23.1 Å². The Hall–Kier alpha value is -3.80. The Kier molecular flexibility index (Phi) is 7.15. The van der Waals surface area contributed by atoms with E-state index in [-0.39, 0.29) is 23.6 Å². The number of benzene rings is 2. The second-order valence-corrected chi connectivity index (χ2v) is 7.36. The number of rotatable bonds is 8. The van der Waals surface area contributed by atoms with E-state index >= 15 is 0 Å². The van der Waals surface area contributed by atoms with Gasteiger partial charge in [0.2, 0.25) is 5.75 Å². The minimum atomic E-state index is -0.776. The van der Waals surface area contributed by atoms with Gasteiger partial charge in [-0.1, -0.05) is 18.2 Å². The Morgan fingerprint density at radius 2 is 1.97 bits per heavy atom. The SMILES string of the molecule is O=C(COc1cc(F)ccc1[N+](=O)[O-])NCCN1C(=O)S/C(=C\c2ccccc2F)C1=O. The average Bonchev–Trinajstić information content (AvgIpc) is 3.01. The second-order valence-electron chi connectivity index (χ2n) is 6.36. The Labute approximate surface area is 184 Å². The summed E-state index contributed by atoms with van der Waals surface area (Å²) in [5, 5.41) is 12.7. The third-order valence-corrected chi connectivity index (χ3v) is 5.11. The van der Waals surface area contributed by atoms with E-state index in [1.807, 2.05) is 0 Å². The number of carbonyl (C=O) groups excluding carboxylic acids is 3. The van der Waals surface area contributed by atoms with Crippen LogP contribution in [0.5, 0.6) is 5.75 Å². The van der Waals surface area contributed by atoms with Crippen molar-refractivity contribution in [2.45, 2.75) is 0 Å². The summed E-state index contributed by atoms with van der Waals surface area (Å²) in [6.07, 6.45) is 1.28. The lowest BCUT2D eigenvalue weighted by molar-refractivity contribution is -0.385. The first kappa shape index (κ1) is 22.9. The number of carbonyl (C=O) groups is 3. The summed E-state index contributed by atoms with van der Waals surface area (Å²) >= 11 is 0.652. The Bertz CT molecular complexity index is 1120. The molecule has 166 valence electrons. The summed E-state index contributed by atoms with van der Waals surface area (Å²) < 4.78 is 32.0. The topological polar surface area (TPSA) is 119 Å². The molecule has 0 unspecified atom stereocenters. The van der Waals surface area contributed by atoms with Crippen LogP contribution in [-0.4, -0.2) is 46.6 Å². The van der Waals surface area contributed by atoms with Gasteiger partial charge >= 0.3 is 5.69 Å². The van der Waals surface area contributed by atoms with Gasteiger partial charge in [-0.05, 0) is 30.0 Å². The number of nitro groups is 1. The van der Waals surface area contributed by atoms with Gasteiger partial charge in [-0.2, -0.15) is 0 Å². The number of hydrogen-bond acceptors (Lipinski definition) is 7. The number of imide groups is 1. The van der Waals surface area contributed by atoms with Crippen LogP contribution in [-0.2, 0) is 9.59 Å². The second kappa shape index (κ2) is 10.0. The van der Waals surface area contributed by atoms with E-state index in [9.17, 15) is 33.3 Å². The molecule has 12 heteroatoms. The highest BCUT2D eigenvalue weighted by molar-refractivity contribution is 8.18. The predicted octanol–water partition coefficient (Wildman–Crippen LogP) is 3.10. The fourth-order valence-electron chi connectivity index (χ4n) is 2.68. The molecule has 1 aliphatic rings. The Morgan fingerprint density at radius 1 is 1.22 bits per heavy atom. The Morgan fingerprint density at radius 3 is 2.69 bits per heavy atom. The fourth-order valence-corrected chi connectivity index (χ4v) is 3.54. The van der Waals surface area contributed by atoms with Gasteiger partial charge in [-0.3, -0.25) is 29.4 Å². The zero-order valence-corrected chi connectivity index (χ0v) is 17.1. The first-order chi connectivity index (χ1) is 15.3. The lowest BCUT2D eigenvalue weighted by Gasteiger charge is -2.13. The van der Waals surface area contributed by atoms with E-state index in [0.29, 0.717) is 11.8 Å². The molecule has 0 bridgehead atoms. The van der Waals surface area contributed by atoms with Crippen molar-refractivity contribution in [1.29, 1.82) is 0 Å². The smallest absolute Gasteiger partial charge is 0.311 e. The average molecular weight is 463 g/mol. The van der Waals surface area contributed by atoms with Crippen LogP contribution in [0.4, 0.5) is 19.3 Å². The fraction of sp³-hybridized carbons (Fsp3) is 0.150. The van der Waals surface area contributed by atoms with Gasteiger partial charge in [0.05, 0.1) is 9.83 Å². The van der Waals surface area contributed by atoms with Gasteiger partial charge in [0, 0.05) is 30.8 Å². The van der Waals surface area contributed by atoms with Crippen molar-refractivity contribution in [3.8, 4) is 5.75 Å². The van der Waals surface area contributed by atoms with Crippen LogP contribution >= 0.6 is 11.8 Å². The number of amides is 3. The van der Waals surface area contributed by atoms with Crippen molar-refractivity contribution in [3.63, 3.8) is 0 Å². The van der Waals surface area contributed by atoms with Crippen LogP contribution in [0.3, 0.4) is 0 Å². The van der Waals surface area contributed by atoms with Gasteiger partial charge in [0.1, 0.15) is 11.6 Å². The third kappa shape index (κ3) is 5.46. The van der Waals surface area contributed by atoms with E-state index in [2.05, 4.69) is 5.32 Å². The van der Waals surface area contributed by atoms with Gasteiger partial charge in [-0.25, -0.2) is 8.78 Å². The van der Waals surface area contributed by atoms with Crippen molar-refractivity contribution >= 4 is 40.6 Å². The molecular formula is C20H15F2N3O6S. The molecule has 0 spiro atoms. The molecule has 1 N–H and O–H groups in total. The van der Waals surface area contributed by atoms with Gasteiger partial charge in [0.15, 0.2) is 6.61 Å². The first-order valence-electron chi connectivity index (χ1n) is 9.09. The minimum Gasteiger partial charge on any atom is -0.477 e. The highest BCUT2D eigenvalue weighted by Gasteiger charge is 2.34. The zero-order valence-electron chi connectivity index (χ0n) is 16.2. The monoisotopic (exact) mass is 463 g/mol. The normalized spacial score (nSPS) is 14.7. The molecule has 2 aromatic rings. The molecular weight excluding hydrogens is 448 g/mol. The van der Waals surface area contributed by atoms with E-state index in [1.54, 1.807) is 6.07 Å². The van der Waals surface area contributed by atoms with Crippen LogP contribution in [0.2, 0.25) is 0 Å². The van der Waals surface area contributed by atoms with E-state index in [1.165, 1.54) is 24.3 Å². The molecule has 1 saturated heterocycles. The highest BCUT2D eigenvalue weighted by atomic mass is 32.2. The number of thioether (sulfide) groups is 1. The van der Waals surface area contributed by atoms with Crippen molar-refractivity contribution in [2.75, 3.05) is 19.7 Å². The molecule has 1 fully saturated rings. The third-order valence-electron chi connectivity index (χ3n) is 4.20. The highest BCUT2D eigenvalue weighted by Crippen LogP contribution is 2.32. The molecule has 32 heavy (non-hydrogen) atoms. The summed E-state index contributed by atoms with van der Waals surface area (Å²) in [5.74, 6) is -3.03. The molecule has 9 nitrogen and oxygen atoms in total. The molecule has 0 radical (unpaired) electrons. The summed E-state index contributed by atoms with van der Waals surface area (Å²) in [7, 11) is 0. The Balaban J connectivity index is 1.52. The lowest BCUT2D eigenvalue weighted by Crippen LogP contribution is -2.38. The number of hydrogen-bond donors (Lipinski definition) is 1. The summed E-state index contributed by atoms with van der Waals surface area (Å²) in [4.78, 5) is 47.5. The van der Waals surface area contributed by atoms with Crippen LogP contribution in [0.25, 0.3) is 6.08 Å². The maximum atomic E-state index is 13.8. The van der Waals surface area contributed by atoms with Gasteiger partial charge in [0.25, 0.3) is 17.1 Å². The number of nitro benzene ring substituents is 1. The maximum absolute atomic E-state index is 13.8. The van der Waals surface area contributed by atoms with Crippen LogP contribution < -0.4 is 10.1 Å². The number of nitrogens with one attached hydrogen (secondary N) is 1. The number of nitrogens with zero attached hydrogens (tertiary/aromatic N) is 2. The van der Waals surface area contributed by atoms with Crippen LogP contribution in [0.15, 0.2) is 47.4 Å². The molecule has 1 heterocycles. The van der Waals surface area contributed by atoms with Crippen molar-refractivity contribution in [1.82, 2.24) is 10.2 Å². The molecule has 3 amide bonds. The van der Waals surface area contributed by atoms with E-state index in [4.69, 9.17) is 4.74 Å². The quantitative estimate of drug-likeness (QED) is 0.363. The predicted molar refractivity (Wildman–Crippen MR) is 111 cm³/mol. The standard InChI is InChI=1S/C20H15F2N3O6S/c21-13-5-6-15(25(29)30)16(10-13)31-11-18(26)23-7-8-24-19(27)17(32-20(24)28)9-12-3-1-2-4-14(12)22/h1-6,9-10H,7-8,11H2,(H,23,26)/b17-9-. The molecule has 3 rings (SSSR count). The molecule has 0 aromatic heterocycles. The summed E-state index contributed by atoms with van der Waals surface area (Å²) in [6.45, 7) is -0.900. The largest absolute Gasteiger partial charge is 0.477 e. The minimum absolute atomic E-state index is 0.0492. The van der Waals surface area contributed by atoms with Gasteiger partial charge in [-0.15, -0.1) is 0 Å². The molecule has 2 aromatic carbocycles. The summed E-state index contributed by atoms with van der Waals surface area (Å²) in [6, 6.07) is 8.37. The van der Waals surface area contributed by atoms with Gasteiger partial charge < -0.3 is 10.1 Å². The lowest BCUT2D eigenvalue weighted by atomic mass is 10.2. The molecule has 1 aliphatic heterocycles. The van der Waals surface area contributed by atoms with Crippen molar-refractivity contribution in [3.05, 3.63) is 74.7 Å². The first-order valence-corrected chi connectivity index (χ1v) is 9.91. The van der Waals surface area contributed by atoms with Crippen LogP contribution in [0, 0.1) is 21.7 Å². The molecule has 0 saturated carbocycles. The maximum Gasteiger partial charge on any atom is 0.311 e. The summed E-state index contributed by atoms with van der Waals surface area (Å²) in [5.41, 5.74) is -0.339. The van der Waals surface area contributed by atoms with Crippen molar-refractivity contribution < 1.29 is 32.8 Å². The molecule has 0 aliphatic carbocycles. The van der Waals surface area contributed by atoms with Crippen LogP contribution in [0.1, 0.15) is 5.56 Å².